The molecule has 7 heteroatoms. The maximum Gasteiger partial charge on any atom is 0.191 e. The van der Waals surface area contributed by atoms with Gasteiger partial charge in [0, 0.05) is 31.2 Å². The minimum atomic E-state index is 0.762. The van der Waals surface area contributed by atoms with Crippen molar-refractivity contribution in [1.82, 2.24) is 20.6 Å². The third kappa shape index (κ3) is 6.16. The molecule has 0 saturated heterocycles. The molecule has 2 rings (SSSR count). The monoisotopic (exact) mass is 346 g/mol. The molecule has 130 valence electrons. The predicted molar refractivity (Wildman–Crippen MR) is 102 cm³/mol. The van der Waals surface area contributed by atoms with E-state index in [4.69, 9.17) is 0 Å². The van der Waals surface area contributed by atoms with Crippen molar-refractivity contribution in [3.05, 3.63) is 40.0 Å². The van der Waals surface area contributed by atoms with Crippen LogP contribution in [0.1, 0.15) is 28.4 Å². The number of aromatic nitrogens is 2. The van der Waals surface area contributed by atoms with Crippen molar-refractivity contribution < 1.29 is 0 Å². The molecular formula is C17H26N6S. The molecule has 0 radical (unpaired) electrons. The van der Waals surface area contributed by atoms with Gasteiger partial charge in [0.25, 0.3) is 0 Å². The Morgan fingerprint density at radius 1 is 1.17 bits per heavy atom. The van der Waals surface area contributed by atoms with Gasteiger partial charge in [-0.3, -0.25) is 4.99 Å². The van der Waals surface area contributed by atoms with Gasteiger partial charge in [-0.05, 0) is 38.8 Å². The maximum absolute atomic E-state index is 4.44. The molecule has 2 heterocycles. The van der Waals surface area contributed by atoms with E-state index in [1.807, 2.05) is 32.0 Å². The van der Waals surface area contributed by atoms with Gasteiger partial charge >= 0.3 is 0 Å². The molecule has 0 aliphatic heterocycles. The zero-order valence-electron chi connectivity index (χ0n) is 14.6. The van der Waals surface area contributed by atoms with E-state index in [2.05, 4.69) is 30.9 Å². The summed E-state index contributed by atoms with van der Waals surface area (Å²) in [6, 6.07) is 5.88. The molecule has 2 aromatic heterocycles. The quantitative estimate of drug-likeness (QED) is 0.389. The Morgan fingerprint density at radius 2 is 2.00 bits per heavy atom. The highest BCUT2D eigenvalue weighted by molar-refractivity contribution is 7.11. The molecule has 0 aromatic carbocycles. The Morgan fingerprint density at radius 3 is 2.67 bits per heavy atom. The van der Waals surface area contributed by atoms with Crippen molar-refractivity contribution in [3.8, 4) is 0 Å². The number of aliphatic imine (C=N–C) groups is 1. The number of aryl methyl sites for hydroxylation is 2. The SMILES string of the molecule is CN=C(NCCCCNc1ccccn1)NCc1sc(C)nc1C. The Balaban J connectivity index is 1.59. The first-order chi connectivity index (χ1) is 11.7. The predicted octanol–water partition coefficient (Wildman–Crippen LogP) is 2.71. The van der Waals surface area contributed by atoms with Crippen molar-refractivity contribution in [2.45, 2.75) is 33.2 Å². The summed E-state index contributed by atoms with van der Waals surface area (Å²) in [5.74, 6) is 1.76. The largest absolute Gasteiger partial charge is 0.370 e. The lowest BCUT2D eigenvalue weighted by Gasteiger charge is -2.11. The van der Waals surface area contributed by atoms with E-state index in [9.17, 15) is 0 Å². The first-order valence-electron chi connectivity index (χ1n) is 8.21. The molecule has 0 atom stereocenters. The number of thiazole rings is 1. The summed E-state index contributed by atoms with van der Waals surface area (Å²) in [6.07, 6.45) is 3.94. The van der Waals surface area contributed by atoms with Gasteiger partial charge in [-0.15, -0.1) is 11.3 Å². The first kappa shape index (κ1) is 18.2. The summed E-state index contributed by atoms with van der Waals surface area (Å²) >= 11 is 1.73. The van der Waals surface area contributed by atoms with E-state index >= 15 is 0 Å². The molecule has 24 heavy (non-hydrogen) atoms. The van der Waals surface area contributed by atoms with Crippen LogP contribution in [0.3, 0.4) is 0 Å². The molecule has 0 aliphatic carbocycles. The fourth-order valence-corrected chi connectivity index (χ4v) is 3.14. The number of nitrogens with one attached hydrogen (secondary N) is 3. The molecule has 6 nitrogen and oxygen atoms in total. The van der Waals surface area contributed by atoms with Crippen LogP contribution in [0, 0.1) is 13.8 Å². The minimum absolute atomic E-state index is 0.762. The third-order valence-corrected chi connectivity index (χ3v) is 4.58. The molecule has 3 N–H and O–H groups in total. The van der Waals surface area contributed by atoms with E-state index in [-0.39, 0.29) is 0 Å². The number of guanidine groups is 1. The highest BCUT2D eigenvalue weighted by Gasteiger charge is 2.05. The fourth-order valence-electron chi connectivity index (χ4n) is 2.26. The Kier molecular flexibility index (Phi) is 7.48. The summed E-state index contributed by atoms with van der Waals surface area (Å²) in [7, 11) is 1.79. The smallest absolute Gasteiger partial charge is 0.191 e. The van der Waals surface area contributed by atoms with Crippen molar-refractivity contribution in [1.29, 1.82) is 0 Å². The third-order valence-electron chi connectivity index (χ3n) is 3.51. The van der Waals surface area contributed by atoms with Crippen LogP contribution in [0.25, 0.3) is 0 Å². The van der Waals surface area contributed by atoms with Gasteiger partial charge in [0.05, 0.1) is 17.2 Å². The number of rotatable bonds is 8. The second-order valence-corrected chi connectivity index (χ2v) is 6.73. The second-order valence-electron chi connectivity index (χ2n) is 5.44. The Hall–Kier alpha value is -2.15. The molecule has 0 aliphatic rings. The van der Waals surface area contributed by atoms with Crippen molar-refractivity contribution in [2.75, 3.05) is 25.5 Å². The normalized spacial score (nSPS) is 11.4. The second kappa shape index (κ2) is 9.87. The van der Waals surface area contributed by atoms with Gasteiger partial charge in [0.15, 0.2) is 5.96 Å². The summed E-state index contributed by atoms with van der Waals surface area (Å²) in [6.45, 7) is 6.66. The number of hydrogen-bond donors (Lipinski definition) is 3. The highest BCUT2D eigenvalue weighted by atomic mass is 32.1. The van der Waals surface area contributed by atoms with Gasteiger partial charge < -0.3 is 16.0 Å². The molecule has 0 fully saturated rings. The standard InChI is InChI=1S/C17H26N6S/c1-13-15(24-14(2)23-13)12-22-17(18-3)21-11-7-6-10-20-16-8-4-5-9-19-16/h4-5,8-9H,6-7,10-12H2,1-3H3,(H,19,20)(H2,18,21,22). The van der Waals surface area contributed by atoms with E-state index in [1.165, 1.54) is 4.88 Å². The number of nitrogens with zero attached hydrogens (tertiary/aromatic N) is 3. The van der Waals surface area contributed by atoms with Gasteiger partial charge in [-0.2, -0.15) is 0 Å². The lowest BCUT2D eigenvalue weighted by Crippen LogP contribution is -2.37. The van der Waals surface area contributed by atoms with Gasteiger partial charge in [-0.25, -0.2) is 9.97 Å². The van der Waals surface area contributed by atoms with Crippen molar-refractivity contribution in [3.63, 3.8) is 0 Å². The Bertz CT molecular complexity index is 638. The molecule has 0 saturated carbocycles. The van der Waals surface area contributed by atoms with E-state index in [0.717, 1.165) is 55.0 Å². The molecule has 0 unspecified atom stereocenters. The number of unbranched alkanes of at least 4 members (excludes halogenated alkanes) is 1. The lowest BCUT2D eigenvalue weighted by atomic mass is 10.3. The van der Waals surface area contributed by atoms with Gasteiger partial charge in [-0.1, -0.05) is 6.07 Å². The molecule has 0 bridgehead atoms. The first-order valence-corrected chi connectivity index (χ1v) is 9.03. The van der Waals surface area contributed by atoms with Crippen LogP contribution in [-0.4, -0.2) is 36.1 Å². The van der Waals surface area contributed by atoms with Crippen LogP contribution in [0.5, 0.6) is 0 Å². The van der Waals surface area contributed by atoms with Crippen LogP contribution in [0.4, 0.5) is 5.82 Å². The van der Waals surface area contributed by atoms with Crippen LogP contribution in [-0.2, 0) is 6.54 Å². The number of pyridine rings is 1. The average molecular weight is 347 g/mol. The van der Waals surface area contributed by atoms with Crippen LogP contribution in [0.2, 0.25) is 0 Å². The van der Waals surface area contributed by atoms with Crippen LogP contribution < -0.4 is 16.0 Å². The average Bonchev–Trinajstić information content (AvgIpc) is 2.92. The van der Waals surface area contributed by atoms with E-state index < -0.39 is 0 Å². The van der Waals surface area contributed by atoms with E-state index in [0.29, 0.717) is 0 Å². The zero-order chi connectivity index (χ0) is 17.2. The van der Waals surface area contributed by atoms with Crippen molar-refractivity contribution >= 4 is 23.1 Å². The van der Waals surface area contributed by atoms with Crippen molar-refractivity contribution in [2.24, 2.45) is 4.99 Å². The Labute approximate surface area is 147 Å². The van der Waals surface area contributed by atoms with Gasteiger partial charge in [0.1, 0.15) is 5.82 Å². The molecule has 2 aromatic rings. The molecular weight excluding hydrogens is 320 g/mol. The summed E-state index contributed by atoms with van der Waals surface area (Å²) < 4.78 is 0. The zero-order valence-corrected chi connectivity index (χ0v) is 15.4. The number of hydrogen-bond acceptors (Lipinski definition) is 5. The number of anilines is 1. The summed E-state index contributed by atoms with van der Waals surface area (Å²) in [5, 5.41) is 11.1. The molecule has 0 amide bonds. The van der Waals surface area contributed by atoms with E-state index in [1.54, 1.807) is 24.6 Å². The summed E-state index contributed by atoms with van der Waals surface area (Å²) in [4.78, 5) is 14.2. The topological polar surface area (TPSA) is 74.2 Å². The lowest BCUT2D eigenvalue weighted by molar-refractivity contribution is 0.712. The fraction of sp³-hybridized carbons (Fsp3) is 0.471. The van der Waals surface area contributed by atoms with Gasteiger partial charge in [0.2, 0.25) is 0 Å². The summed E-state index contributed by atoms with van der Waals surface area (Å²) in [5.41, 5.74) is 1.10. The maximum atomic E-state index is 4.44. The highest BCUT2D eigenvalue weighted by Crippen LogP contribution is 2.16. The molecule has 0 spiro atoms. The van der Waals surface area contributed by atoms with Crippen LogP contribution in [0.15, 0.2) is 29.4 Å². The van der Waals surface area contributed by atoms with Crippen LogP contribution >= 0.6 is 11.3 Å². The minimum Gasteiger partial charge on any atom is -0.370 e.